The number of aryl methyl sites for hydroxylation is 1. The van der Waals surface area contributed by atoms with E-state index in [9.17, 15) is 14.0 Å². The van der Waals surface area contributed by atoms with Gasteiger partial charge < -0.3 is 14.3 Å². The zero-order valence-electron chi connectivity index (χ0n) is 15.8. The van der Waals surface area contributed by atoms with Crippen LogP contribution in [0.1, 0.15) is 27.2 Å². The zero-order valence-corrected chi connectivity index (χ0v) is 15.8. The molecule has 146 valence electrons. The Kier molecular flexibility index (Phi) is 4.99. The standard InChI is InChI=1S/C23H19FN2O3/c1-15-8-9-16-12-17(22(27)25-21(16)11-15)13-26(14-18-5-4-10-29-18)23(28)19-6-2-3-7-20(19)24/h2-12H,13-14H2,1H3,(H,25,27). The minimum absolute atomic E-state index is 0.0209. The van der Waals surface area contributed by atoms with Gasteiger partial charge in [0.15, 0.2) is 0 Å². The fourth-order valence-electron chi connectivity index (χ4n) is 3.28. The summed E-state index contributed by atoms with van der Waals surface area (Å²) in [5.74, 6) is -0.574. The molecule has 4 aromatic rings. The van der Waals surface area contributed by atoms with Crippen molar-refractivity contribution < 1.29 is 13.6 Å². The molecule has 0 spiro atoms. The van der Waals surface area contributed by atoms with E-state index in [1.165, 1.54) is 29.4 Å². The summed E-state index contributed by atoms with van der Waals surface area (Å²) in [4.78, 5) is 29.9. The van der Waals surface area contributed by atoms with E-state index >= 15 is 0 Å². The number of amides is 1. The van der Waals surface area contributed by atoms with Crippen LogP contribution in [-0.2, 0) is 13.1 Å². The van der Waals surface area contributed by atoms with Crippen LogP contribution in [0, 0.1) is 12.7 Å². The van der Waals surface area contributed by atoms with Gasteiger partial charge in [-0.25, -0.2) is 4.39 Å². The Labute approximate surface area is 166 Å². The molecule has 0 aliphatic rings. The monoisotopic (exact) mass is 390 g/mol. The van der Waals surface area contributed by atoms with E-state index in [1.807, 2.05) is 25.1 Å². The number of pyridine rings is 1. The number of hydrogen-bond acceptors (Lipinski definition) is 3. The van der Waals surface area contributed by atoms with Gasteiger partial charge in [0, 0.05) is 11.1 Å². The molecule has 29 heavy (non-hydrogen) atoms. The minimum atomic E-state index is -0.607. The third kappa shape index (κ3) is 3.96. The second kappa shape index (κ2) is 7.75. The second-order valence-electron chi connectivity index (χ2n) is 6.93. The van der Waals surface area contributed by atoms with Crippen molar-refractivity contribution in [3.05, 3.63) is 106 Å². The predicted octanol–water partition coefficient (Wildman–Crippen LogP) is 4.41. The number of furan rings is 1. The highest BCUT2D eigenvalue weighted by Crippen LogP contribution is 2.18. The van der Waals surface area contributed by atoms with Crippen LogP contribution in [0.4, 0.5) is 4.39 Å². The van der Waals surface area contributed by atoms with Gasteiger partial charge in [0.05, 0.1) is 24.9 Å². The van der Waals surface area contributed by atoms with Gasteiger partial charge in [-0.15, -0.1) is 0 Å². The maximum atomic E-state index is 14.2. The third-order valence-corrected chi connectivity index (χ3v) is 4.76. The molecule has 6 heteroatoms. The number of nitrogens with one attached hydrogen (secondary N) is 1. The zero-order chi connectivity index (χ0) is 20.4. The highest BCUT2D eigenvalue weighted by Gasteiger charge is 2.21. The molecule has 2 heterocycles. The number of carbonyl (C=O) groups is 1. The maximum Gasteiger partial charge on any atom is 0.257 e. The number of H-pyrrole nitrogens is 1. The lowest BCUT2D eigenvalue weighted by Crippen LogP contribution is -2.33. The van der Waals surface area contributed by atoms with Crippen molar-refractivity contribution in [3.8, 4) is 0 Å². The van der Waals surface area contributed by atoms with Crippen LogP contribution in [0.5, 0.6) is 0 Å². The largest absolute Gasteiger partial charge is 0.467 e. The summed E-state index contributed by atoms with van der Waals surface area (Å²) >= 11 is 0. The molecule has 4 rings (SSSR count). The normalized spacial score (nSPS) is 11.0. The number of aromatic nitrogens is 1. The van der Waals surface area contributed by atoms with Crippen LogP contribution >= 0.6 is 0 Å². The molecule has 0 fully saturated rings. The summed E-state index contributed by atoms with van der Waals surface area (Å²) in [6, 6.07) is 16.8. The molecule has 5 nitrogen and oxygen atoms in total. The first-order valence-electron chi connectivity index (χ1n) is 9.20. The molecule has 0 aliphatic heterocycles. The number of carbonyl (C=O) groups excluding carboxylic acids is 1. The average Bonchev–Trinajstić information content (AvgIpc) is 3.21. The molecule has 0 radical (unpaired) electrons. The molecular formula is C23H19FN2O3. The molecular weight excluding hydrogens is 371 g/mol. The van der Waals surface area contributed by atoms with Gasteiger partial charge >= 0.3 is 0 Å². The Morgan fingerprint density at radius 3 is 2.66 bits per heavy atom. The number of halogens is 1. The molecule has 1 amide bonds. The number of nitrogens with zero attached hydrogens (tertiary/aromatic N) is 1. The molecule has 0 saturated carbocycles. The van der Waals surface area contributed by atoms with Gasteiger partial charge in [0.2, 0.25) is 0 Å². The first kappa shape index (κ1) is 18.7. The predicted molar refractivity (Wildman–Crippen MR) is 108 cm³/mol. The van der Waals surface area contributed by atoms with Gasteiger partial charge in [-0.2, -0.15) is 0 Å². The van der Waals surface area contributed by atoms with E-state index in [2.05, 4.69) is 4.98 Å². The van der Waals surface area contributed by atoms with Crippen molar-refractivity contribution >= 4 is 16.8 Å². The van der Waals surface area contributed by atoms with Gasteiger partial charge in [0.1, 0.15) is 11.6 Å². The Morgan fingerprint density at radius 2 is 1.90 bits per heavy atom. The number of aromatic amines is 1. The fourth-order valence-corrected chi connectivity index (χ4v) is 3.28. The molecule has 0 saturated heterocycles. The Hall–Kier alpha value is -3.67. The lowest BCUT2D eigenvalue weighted by Gasteiger charge is -2.22. The summed E-state index contributed by atoms with van der Waals surface area (Å²) in [5.41, 5.74) is 1.85. The van der Waals surface area contributed by atoms with Crippen LogP contribution in [0.15, 0.2) is 76.1 Å². The maximum absolute atomic E-state index is 14.2. The first-order chi connectivity index (χ1) is 14.0. The third-order valence-electron chi connectivity index (χ3n) is 4.76. The van der Waals surface area contributed by atoms with Crippen molar-refractivity contribution in [1.29, 1.82) is 0 Å². The highest BCUT2D eigenvalue weighted by molar-refractivity contribution is 5.94. The molecule has 0 bridgehead atoms. The van der Waals surface area contributed by atoms with Crippen molar-refractivity contribution in [2.75, 3.05) is 0 Å². The highest BCUT2D eigenvalue weighted by atomic mass is 19.1. The van der Waals surface area contributed by atoms with E-state index in [-0.39, 0.29) is 24.2 Å². The Balaban J connectivity index is 1.72. The number of benzene rings is 2. The van der Waals surface area contributed by atoms with Crippen molar-refractivity contribution in [2.24, 2.45) is 0 Å². The van der Waals surface area contributed by atoms with Crippen LogP contribution in [0.2, 0.25) is 0 Å². The van der Waals surface area contributed by atoms with E-state index in [0.717, 1.165) is 16.5 Å². The van der Waals surface area contributed by atoms with Gasteiger partial charge in [-0.1, -0.05) is 24.3 Å². The topological polar surface area (TPSA) is 66.3 Å². The lowest BCUT2D eigenvalue weighted by atomic mass is 10.1. The van der Waals surface area contributed by atoms with E-state index in [4.69, 9.17) is 4.42 Å². The summed E-state index contributed by atoms with van der Waals surface area (Å²) in [6.07, 6.45) is 1.51. The van der Waals surface area contributed by atoms with E-state index in [1.54, 1.807) is 24.3 Å². The summed E-state index contributed by atoms with van der Waals surface area (Å²) in [5, 5.41) is 0.862. The van der Waals surface area contributed by atoms with E-state index in [0.29, 0.717) is 11.3 Å². The summed E-state index contributed by atoms with van der Waals surface area (Å²) in [7, 11) is 0. The number of fused-ring (bicyclic) bond motifs is 1. The van der Waals surface area contributed by atoms with Crippen LogP contribution in [-0.4, -0.2) is 15.8 Å². The molecule has 2 aromatic carbocycles. The molecule has 0 unspecified atom stereocenters. The minimum Gasteiger partial charge on any atom is -0.467 e. The molecule has 1 N–H and O–H groups in total. The summed E-state index contributed by atoms with van der Waals surface area (Å²) < 4.78 is 19.6. The number of hydrogen-bond donors (Lipinski definition) is 1. The fraction of sp³-hybridized carbons (Fsp3) is 0.130. The molecule has 2 aromatic heterocycles. The van der Waals surface area contributed by atoms with Crippen molar-refractivity contribution in [2.45, 2.75) is 20.0 Å². The molecule has 0 atom stereocenters. The van der Waals surface area contributed by atoms with E-state index < -0.39 is 11.7 Å². The lowest BCUT2D eigenvalue weighted by molar-refractivity contribution is 0.0712. The average molecular weight is 390 g/mol. The van der Waals surface area contributed by atoms with Crippen molar-refractivity contribution in [3.63, 3.8) is 0 Å². The van der Waals surface area contributed by atoms with Gasteiger partial charge in [-0.05, 0) is 54.3 Å². The molecule has 0 aliphatic carbocycles. The van der Waals surface area contributed by atoms with Gasteiger partial charge in [-0.3, -0.25) is 9.59 Å². The quantitative estimate of drug-likeness (QED) is 0.549. The first-order valence-corrected chi connectivity index (χ1v) is 9.20. The van der Waals surface area contributed by atoms with Crippen LogP contribution in [0.3, 0.4) is 0 Å². The van der Waals surface area contributed by atoms with Crippen molar-refractivity contribution in [1.82, 2.24) is 9.88 Å². The van der Waals surface area contributed by atoms with Crippen LogP contribution in [0.25, 0.3) is 10.9 Å². The Morgan fingerprint density at radius 1 is 1.07 bits per heavy atom. The second-order valence-corrected chi connectivity index (χ2v) is 6.93. The Bertz CT molecular complexity index is 1230. The smallest absolute Gasteiger partial charge is 0.257 e. The van der Waals surface area contributed by atoms with Gasteiger partial charge in [0.25, 0.3) is 11.5 Å². The van der Waals surface area contributed by atoms with Crippen LogP contribution < -0.4 is 5.56 Å². The SMILES string of the molecule is Cc1ccc2cc(CN(Cc3ccco3)C(=O)c3ccccc3F)c(=O)[nH]c2c1. The number of rotatable bonds is 5. The summed E-state index contributed by atoms with van der Waals surface area (Å²) in [6.45, 7) is 2.09.